The summed E-state index contributed by atoms with van der Waals surface area (Å²) in [7, 11) is -3.12. The molecule has 8 nitrogen and oxygen atoms in total. The fourth-order valence-electron chi connectivity index (χ4n) is 4.65. The van der Waals surface area contributed by atoms with E-state index in [0.29, 0.717) is 38.2 Å². The number of benzene rings is 1. The Bertz CT molecular complexity index is 902. The molecule has 9 heteroatoms. The molecule has 0 aromatic heterocycles. The monoisotopic (exact) mass is 449 g/mol. The fraction of sp³-hybridized carbons (Fsp3) is 0.636. The van der Waals surface area contributed by atoms with Crippen molar-refractivity contribution in [1.29, 1.82) is 0 Å². The van der Waals surface area contributed by atoms with Gasteiger partial charge in [-0.1, -0.05) is 0 Å². The molecule has 3 saturated heterocycles. The maximum absolute atomic E-state index is 12.9. The SMILES string of the molecule is CS(=O)(=O)N1CCC(OC2CCN(C(=O)c3ccc(N4CCCC4=O)cc3)CC2)CC1. The van der Waals surface area contributed by atoms with E-state index < -0.39 is 10.0 Å². The number of hydrogen-bond donors (Lipinski definition) is 0. The van der Waals surface area contributed by atoms with Crippen LogP contribution in [0, 0.1) is 0 Å². The average molecular weight is 450 g/mol. The Kier molecular flexibility index (Phi) is 6.64. The van der Waals surface area contributed by atoms with E-state index in [4.69, 9.17) is 4.74 Å². The van der Waals surface area contributed by atoms with Crippen LogP contribution in [-0.4, -0.2) is 80.6 Å². The van der Waals surface area contributed by atoms with Gasteiger partial charge in [-0.3, -0.25) is 9.59 Å². The second kappa shape index (κ2) is 9.26. The lowest BCUT2D eigenvalue weighted by atomic mass is 10.0. The highest BCUT2D eigenvalue weighted by Crippen LogP contribution is 2.25. The molecule has 1 aromatic rings. The molecule has 0 unspecified atom stereocenters. The summed E-state index contributed by atoms with van der Waals surface area (Å²) in [6, 6.07) is 7.33. The largest absolute Gasteiger partial charge is 0.375 e. The van der Waals surface area contributed by atoms with E-state index in [1.54, 1.807) is 17.0 Å². The van der Waals surface area contributed by atoms with Crippen molar-refractivity contribution in [3.63, 3.8) is 0 Å². The molecule has 0 radical (unpaired) electrons. The number of ether oxygens (including phenoxy) is 1. The third kappa shape index (κ3) is 5.27. The molecule has 3 aliphatic heterocycles. The average Bonchev–Trinajstić information content (AvgIpc) is 3.19. The molecule has 0 N–H and O–H groups in total. The fourth-order valence-corrected chi connectivity index (χ4v) is 5.53. The van der Waals surface area contributed by atoms with Crippen LogP contribution < -0.4 is 4.90 Å². The van der Waals surface area contributed by atoms with Crippen molar-refractivity contribution in [3.8, 4) is 0 Å². The van der Waals surface area contributed by atoms with Gasteiger partial charge >= 0.3 is 0 Å². The van der Waals surface area contributed by atoms with Crippen LogP contribution in [0.2, 0.25) is 0 Å². The molecule has 3 heterocycles. The Labute approximate surface area is 184 Å². The minimum atomic E-state index is -3.12. The standard InChI is InChI=1S/C22H31N3O5S/c1-31(28,29)24-15-10-20(11-16-24)30-19-8-13-23(14-9-19)22(27)17-4-6-18(7-5-17)25-12-2-3-21(25)26/h4-7,19-20H,2-3,8-16H2,1H3. The highest BCUT2D eigenvalue weighted by Gasteiger charge is 2.30. The normalized spacial score (nSPS) is 22.3. The van der Waals surface area contributed by atoms with Crippen LogP contribution in [0.5, 0.6) is 0 Å². The van der Waals surface area contributed by atoms with Gasteiger partial charge in [0.1, 0.15) is 0 Å². The maximum Gasteiger partial charge on any atom is 0.253 e. The quantitative estimate of drug-likeness (QED) is 0.685. The lowest BCUT2D eigenvalue weighted by Crippen LogP contribution is -2.44. The lowest BCUT2D eigenvalue weighted by Gasteiger charge is -2.36. The molecule has 3 fully saturated rings. The Balaban J connectivity index is 1.24. The lowest BCUT2D eigenvalue weighted by molar-refractivity contribution is -0.117. The van der Waals surface area contributed by atoms with Crippen molar-refractivity contribution in [3.05, 3.63) is 29.8 Å². The predicted molar refractivity (Wildman–Crippen MR) is 117 cm³/mol. The van der Waals surface area contributed by atoms with Crippen LogP contribution >= 0.6 is 0 Å². The molecule has 0 atom stereocenters. The molecule has 0 bridgehead atoms. The number of carbonyl (C=O) groups is 2. The Morgan fingerprint density at radius 1 is 0.935 bits per heavy atom. The number of sulfonamides is 1. The molecule has 0 aliphatic carbocycles. The highest BCUT2D eigenvalue weighted by atomic mass is 32.2. The Morgan fingerprint density at radius 2 is 1.52 bits per heavy atom. The van der Waals surface area contributed by atoms with Gasteiger partial charge in [-0.25, -0.2) is 12.7 Å². The molecule has 1 aromatic carbocycles. The predicted octanol–water partition coefficient (Wildman–Crippen LogP) is 1.86. The number of likely N-dealkylation sites (tertiary alicyclic amines) is 1. The van der Waals surface area contributed by atoms with Crippen LogP contribution in [0.1, 0.15) is 48.9 Å². The molecular weight excluding hydrogens is 418 g/mol. The van der Waals surface area contributed by atoms with Crippen LogP contribution in [0.25, 0.3) is 0 Å². The van der Waals surface area contributed by atoms with Crippen molar-refractivity contribution >= 4 is 27.5 Å². The first kappa shape index (κ1) is 22.2. The van der Waals surface area contributed by atoms with E-state index in [-0.39, 0.29) is 24.0 Å². The van der Waals surface area contributed by atoms with Crippen molar-refractivity contribution in [2.45, 2.75) is 50.7 Å². The van der Waals surface area contributed by atoms with E-state index in [0.717, 1.165) is 44.3 Å². The smallest absolute Gasteiger partial charge is 0.253 e. The minimum Gasteiger partial charge on any atom is -0.375 e. The first-order valence-electron chi connectivity index (χ1n) is 11.1. The zero-order chi connectivity index (χ0) is 22.0. The number of anilines is 1. The molecule has 4 rings (SSSR count). The number of nitrogens with zero attached hydrogens (tertiary/aromatic N) is 3. The van der Waals surface area contributed by atoms with Gasteiger partial charge in [0, 0.05) is 50.4 Å². The summed E-state index contributed by atoms with van der Waals surface area (Å²) in [6.07, 6.45) is 5.95. The Hall–Kier alpha value is -1.97. The molecule has 2 amide bonds. The van der Waals surface area contributed by atoms with Gasteiger partial charge in [0.25, 0.3) is 5.91 Å². The number of hydrogen-bond acceptors (Lipinski definition) is 5. The van der Waals surface area contributed by atoms with Crippen LogP contribution in [-0.2, 0) is 19.6 Å². The van der Waals surface area contributed by atoms with Gasteiger partial charge in [-0.05, 0) is 56.4 Å². The number of piperidine rings is 2. The van der Waals surface area contributed by atoms with Crippen LogP contribution in [0.4, 0.5) is 5.69 Å². The molecule has 170 valence electrons. The first-order valence-corrected chi connectivity index (χ1v) is 13.0. The first-order chi connectivity index (χ1) is 14.8. The topological polar surface area (TPSA) is 87.2 Å². The van der Waals surface area contributed by atoms with Crippen LogP contribution in [0.15, 0.2) is 24.3 Å². The van der Waals surface area contributed by atoms with E-state index in [1.807, 2.05) is 17.0 Å². The van der Waals surface area contributed by atoms with E-state index in [1.165, 1.54) is 10.6 Å². The van der Waals surface area contributed by atoms with Gasteiger partial charge in [0.2, 0.25) is 15.9 Å². The summed E-state index contributed by atoms with van der Waals surface area (Å²) < 4.78 is 31.0. The number of rotatable bonds is 5. The summed E-state index contributed by atoms with van der Waals surface area (Å²) in [4.78, 5) is 28.4. The van der Waals surface area contributed by atoms with E-state index in [2.05, 4.69) is 0 Å². The second-order valence-corrected chi connectivity index (χ2v) is 10.7. The van der Waals surface area contributed by atoms with Gasteiger partial charge < -0.3 is 14.5 Å². The van der Waals surface area contributed by atoms with Gasteiger partial charge in [-0.15, -0.1) is 0 Å². The van der Waals surface area contributed by atoms with Crippen LogP contribution in [0.3, 0.4) is 0 Å². The summed E-state index contributed by atoms with van der Waals surface area (Å²) in [5, 5.41) is 0. The summed E-state index contributed by atoms with van der Waals surface area (Å²) in [5.74, 6) is 0.155. The summed E-state index contributed by atoms with van der Waals surface area (Å²) >= 11 is 0. The molecule has 0 spiro atoms. The van der Waals surface area contributed by atoms with Gasteiger partial charge in [-0.2, -0.15) is 0 Å². The van der Waals surface area contributed by atoms with E-state index >= 15 is 0 Å². The molecule has 0 saturated carbocycles. The molecule has 3 aliphatic rings. The van der Waals surface area contributed by atoms with Crippen molar-refractivity contribution in [2.24, 2.45) is 0 Å². The van der Waals surface area contributed by atoms with Gasteiger partial charge in [0.05, 0.1) is 18.5 Å². The molecular formula is C22H31N3O5S. The van der Waals surface area contributed by atoms with E-state index in [9.17, 15) is 18.0 Å². The maximum atomic E-state index is 12.9. The second-order valence-electron chi connectivity index (χ2n) is 8.68. The van der Waals surface area contributed by atoms with Crippen molar-refractivity contribution in [1.82, 2.24) is 9.21 Å². The zero-order valence-electron chi connectivity index (χ0n) is 18.0. The zero-order valence-corrected chi connectivity index (χ0v) is 18.8. The van der Waals surface area contributed by atoms with Crippen molar-refractivity contribution < 1.29 is 22.7 Å². The summed E-state index contributed by atoms with van der Waals surface area (Å²) in [6.45, 7) is 3.07. The van der Waals surface area contributed by atoms with Crippen molar-refractivity contribution in [2.75, 3.05) is 43.9 Å². The molecule has 31 heavy (non-hydrogen) atoms. The number of carbonyl (C=O) groups excluding carboxylic acids is 2. The highest BCUT2D eigenvalue weighted by molar-refractivity contribution is 7.88. The minimum absolute atomic E-state index is 0.0132. The van der Waals surface area contributed by atoms with Gasteiger partial charge in [0.15, 0.2) is 0 Å². The Morgan fingerprint density at radius 3 is 2.03 bits per heavy atom. The summed E-state index contributed by atoms with van der Waals surface area (Å²) in [5.41, 5.74) is 1.50. The number of amides is 2. The third-order valence-electron chi connectivity index (χ3n) is 6.48. The third-order valence-corrected chi connectivity index (χ3v) is 7.79.